The molecule has 1 rings (SSSR count). The van der Waals surface area contributed by atoms with E-state index < -0.39 is 23.6 Å². The number of carbonyl (C=O) groups is 1. The number of amides is 1. The Labute approximate surface area is 110 Å². The van der Waals surface area contributed by atoms with E-state index >= 15 is 0 Å². The molecule has 4 nitrogen and oxygen atoms in total. The minimum atomic E-state index is -0.809. The summed E-state index contributed by atoms with van der Waals surface area (Å²) in [5.41, 5.74) is -0.00178. The average molecular weight is 273 g/mol. The second-order valence-electron chi connectivity index (χ2n) is 4.30. The second kappa shape index (κ2) is 7.16. The van der Waals surface area contributed by atoms with Crippen LogP contribution < -0.4 is 0 Å². The van der Waals surface area contributed by atoms with Gasteiger partial charge in [0.25, 0.3) is 0 Å². The summed E-state index contributed by atoms with van der Waals surface area (Å²) in [6.45, 7) is 0.176. The highest BCUT2D eigenvalue weighted by molar-refractivity contribution is 5.78. The molecule has 0 aliphatic carbocycles. The van der Waals surface area contributed by atoms with Crippen LogP contribution >= 0.6 is 0 Å². The highest BCUT2D eigenvalue weighted by atomic mass is 19.1. The van der Waals surface area contributed by atoms with Crippen LogP contribution in [0.25, 0.3) is 0 Å². The van der Waals surface area contributed by atoms with Crippen molar-refractivity contribution in [3.63, 3.8) is 0 Å². The van der Waals surface area contributed by atoms with Crippen LogP contribution in [0.15, 0.2) is 18.2 Å². The molecule has 0 bridgehead atoms. The number of rotatable bonds is 6. The summed E-state index contributed by atoms with van der Waals surface area (Å²) in [7, 11) is 2.92. The second-order valence-corrected chi connectivity index (χ2v) is 4.30. The van der Waals surface area contributed by atoms with Gasteiger partial charge in [-0.05, 0) is 18.2 Å². The number of likely N-dealkylation sites (N-methyl/N-ethyl adjacent to an activating group) is 1. The van der Waals surface area contributed by atoms with Gasteiger partial charge in [-0.25, -0.2) is 8.78 Å². The van der Waals surface area contributed by atoms with Gasteiger partial charge in [0.2, 0.25) is 5.91 Å². The first-order valence-corrected chi connectivity index (χ1v) is 5.79. The molecular formula is C13H17F2NO3. The fourth-order valence-corrected chi connectivity index (χ4v) is 1.64. The molecule has 1 aromatic carbocycles. The maximum absolute atomic E-state index is 13.4. The van der Waals surface area contributed by atoms with Crippen molar-refractivity contribution in [2.75, 3.05) is 27.3 Å². The van der Waals surface area contributed by atoms with Crippen molar-refractivity contribution in [2.24, 2.45) is 0 Å². The van der Waals surface area contributed by atoms with E-state index in [-0.39, 0.29) is 25.1 Å². The molecule has 0 saturated heterocycles. The largest absolute Gasteiger partial charge is 0.389 e. The number of ether oxygens (including phenoxy) is 1. The van der Waals surface area contributed by atoms with E-state index in [1.54, 1.807) is 0 Å². The normalized spacial score (nSPS) is 12.3. The zero-order valence-corrected chi connectivity index (χ0v) is 10.9. The summed E-state index contributed by atoms with van der Waals surface area (Å²) in [6.07, 6.45) is -1.06. The number of benzene rings is 1. The number of carbonyl (C=O) groups excluding carboxylic acids is 1. The lowest BCUT2D eigenvalue weighted by Gasteiger charge is -2.20. The maximum Gasteiger partial charge on any atom is 0.226 e. The lowest BCUT2D eigenvalue weighted by Crippen LogP contribution is -2.37. The Balaban J connectivity index is 2.61. The number of hydrogen-bond donors (Lipinski definition) is 1. The van der Waals surface area contributed by atoms with E-state index in [2.05, 4.69) is 0 Å². The molecule has 6 heteroatoms. The van der Waals surface area contributed by atoms with Crippen molar-refractivity contribution < 1.29 is 23.4 Å². The van der Waals surface area contributed by atoms with Gasteiger partial charge < -0.3 is 14.7 Å². The first-order chi connectivity index (χ1) is 8.93. The molecule has 0 saturated carbocycles. The number of aliphatic hydroxyl groups is 1. The molecule has 0 aliphatic heterocycles. The van der Waals surface area contributed by atoms with Crippen LogP contribution in [0.5, 0.6) is 0 Å². The molecule has 1 amide bonds. The predicted molar refractivity (Wildman–Crippen MR) is 65.6 cm³/mol. The van der Waals surface area contributed by atoms with Gasteiger partial charge in [-0.15, -0.1) is 0 Å². The van der Waals surface area contributed by atoms with Gasteiger partial charge in [-0.1, -0.05) is 0 Å². The Kier molecular flexibility index (Phi) is 5.85. The molecule has 0 aliphatic rings. The first kappa shape index (κ1) is 15.5. The zero-order chi connectivity index (χ0) is 14.4. The van der Waals surface area contributed by atoms with E-state index in [0.717, 1.165) is 18.2 Å². The average Bonchev–Trinajstić information content (AvgIpc) is 2.34. The van der Waals surface area contributed by atoms with Crippen LogP contribution in [0.4, 0.5) is 8.78 Å². The van der Waals surface area contributed by atoms with Crippen molar-refractivity contribution >= 4 is 5.91 Å². The van der Waals surface area contributed by atoms with Crippen LogP contribution in [0.2, 0.25) is 0 Å². The Morgan fingerprint density at radius 2 is 2.16 bits per heavy atom. The Morgan fingerprint density at radius 3 is 2.79 bits per heavy atom. The van der Waals surface area contributed by atoms with Crippen molar-refractivity contribution in [3.05, 3.63) is 35.4 Å². The van der Waals surface area contributed by atoms with Gasteiger partial charge in [0, 0.05) is 26.3 Å². The molecule has 1 atom stereocenters. The minimum Gasteiger partial charge on any atom is -0.389 e. The lowest BCUT2D eigenvalue weighted by atomic mass is 10.1. The third kappa shape index (κ3) is 4.92. The Hall–Kier alpha value is -1.53. The van der Waals surface area contributed by atoms with Gasteiger partial charge in [-0.3, -0.25) is 4.79 Å². The van der Waals surface area contributed by atoms with Gasteiger partial charge in [-0.2, -0.15) is 0 Å². The fraction of sp³-hybridized carbons (Fsp3) is 0.462. The molecule has 1 unspecified atom stereocenters. The number of methoxy groups -OCH3 is 1. The van der Waals surface area contributed by atoms with Gasteiger partial charge in [0.1, 0.15) is 11.6 Å². The zero-order valence-electron chi connectivity index (χ0n) is 10.9. The van der Waals surface area contributed by atoms with Gasteiger partial charge >= 0.3 is 0 Å². The summed E-state index contributed by atoms with van der Waals surface area (Å²) >= 11 is 0. The highest BCUT2D eigenvalue weighted by Gasteiger charge is 2.16. The van der Waals surface area contributed by atoms with Crippen molar-refractivity contribution in [2.45, 2.75) is 12.5 Å². The summed E-state index contributed by atoms with van der Waals surface area (Å²) in [5.74, 6) is -1.62. The molecule has 0 fully saturated rings. The smallest absolute Gasteiger partial charge is 0.226 e. The minimum absolute atomic E-state index is 0.00178. The number of hydrogen-bond acceptors (Lipinski definition) is 3. The topological polar surface area (TPSA) is 49.8 Å². The molecule has 0 spiro atoms. The van der Waals surface area contributed by atoms with E-state index in [4.69, 9.17) is 4.74 Å². The molecule has 0 heterocycles. The Bertz CT molecular complexity index is 440. The number of halogens is 2. The highest BCUT2D eigenvalue weighted by Crippen LogP contribution is 2.11. The van der Waals surface area contributed by atoms with E-state index in [0.29, 0.717) is 0 Å². The molecule has 0 aromatic heterocycles. The molecule has 106 valence electrons. The summed E-state index contributed by atoms with van der Waals surface area (Å²) in [4.78, 5) is 13.1. The maximum atomic E-state index is 13.4. The molecule has 0 radical (unpaired) electrons. The van der Waals surface area contributed by atoms with Crippen molar-refractivity contribution in [1.29, 1.82) is 0 Å². The predicted octanol–water partition coefficient (Wildman–Crippen LogP) is 0.973. The van der Waals surface area contributed by atoms with Crippen LogP contribution in [0, 0.1) is 11.6 Å². The Morgan fingerprint density at radius 1 is 1.47 bits per heavy atom. The quantitative estimate of drug-likeness (QED) is 0.840. The van der Waals surface area contributed by atoms with Crippen molar-refractivity contribution in [3.8, 4) is 0 Å². The first-order valence-electron chi connectivity index (χ1n) is 5.79. The third-order valence-corrected chi connectivity index (χ3v) is 2.62. The standard InChI is InChI=1S/C13H17F2NO3/c1-16(7-11(17)8-19-2)13(18)6-9-5-10(14)3-4-12(9)15/h3-5,11,17H,6-8H2,1-2H3. The third-order valence-electron chi connectivity index (χ3n) is 2.62. The van der Waals surface area contributed by atoms with Crippen LogP contribution in [0.1, 0.15) is 5.56 Å². The number of aliphatic hydroxyl groups excluding tert-OH is 1. The van der Waals surface area contributed by atoms with E-state index in [9.17, 15) is 18.7 Å². The molecule has 1 N–H and O–H groups in total. The van der Waals surface area contributed by atoms with E-state index in [1.165, 1.54) is 19.1 Å². The van der Waals surface area contributed by atoms with Gasteiger partial charge in [0.05, 0.1) is 19.1 Å². The molecule has 1 aromatic rings. The van der Waals surface area contributed by atoms with Crippen LogP contribution in [0.3, 0.4) is 0 Å². The van der Waals surface area contributed by atoms with Crippen LogP contribution in [-0.4, -0.2) is 49.3 Å². The lowest BCUT2D eigenvalue weighted by molar-refractivity contribution is -0.130. The summed E-state index contributed by atoms with van der Waals surface area (Å²) in [5, 5.41) is 9.48. The number of nitrogens with zero attached hydrogens (tertiary/aromatic N) is 1. The van der Waals surface area contributed by atoms with E-state index in [1.807, 2.05) is 0 Å². The van der Waals surface area contributed by atoms with Crippen molar-refractivity contribution in [1.82, 2.24) is 4.90 Å². The van der Waals surface area contributed by atoms with Gasteiger partial charge in [0.15, 0.2) is 0 Å². The summed E-state index contributed by atoms with van der Waals surface area (Å²) < 4.78 is 31.1. The fourth-order valence-electron chi connectivity index (χ4n) is 1.64. The molecule has 19 heavy (non-hydrogen) atoms. The SMILES string of the molecule is COCC(O)CN(C)C(=O)Cc1cc(F)ccc1F. The molecular weight excluding hydrogens is 256 g/mol. The summed E-state index contributed by atoms with van der Waals surface area (Å²) in [6, 6.07) is 2.97. The monoisotopic (exact) mass is 273 g/mol. The van der Waals surface area contributed by atoms with Crippen LogP contribution in [-0.2, 0) is 16.0 Å².